The topological polar surface area (TPSA) is 100 Å². The van der Waals surface area contributed by atoms with Crippen LogP contribution in [-0.4, -0.2) is 55.4 Å². The van der Waals surface area contributed by atoms with Gasteiger partial charge < -0.3 is 19.9 Å². The molecule has 0 spiro atoms. The second kappa shape index (κ2) is 9.32. The third-order valence-electron chi connectivity index (χ3n) is 6.09. The highest BCUT2D eigenvalue weighted by atomic mass is 35.5. The fourth-order valence-corrected chi connectivity index (χ4v) is 5.37. The summed E-state index contributed by atoms with van der Waals surface area (Å²) in [6, 6.07) is 11.0. The number of rotatable bonds is 6. The lowest BCUT2D eigenvalue weighted by Gasteiger charge is -2.30. The smallest absolute Gasteiger partial charge is 0.223 e. The molecule has 1 saturated heterocycles. The summed E-state index contributed by atoms with van der Waals surface area (Å²) >= 11 is 7.56. The van der Waals surface area contributed by atoms with Gasteiger partial charge in [-0.25, -0.2) is 9.97 Å². The van der Waals surface area contributed by atoms with Gasteiger partial charge in [-0.05, 0) is 49.2 Å². The van der Waals surface area contributed by atoms with Gasteiger partial charge in [0.25, 0.3) is 0 Å². The number of aromatic nitrogens is 3. The molecule has 0 unspecified atom stereocenters. The van der Waals surface area contributed by atoms with E-state index in [1.165, 1.54) is 11.3 Å². The molecule has 176 valence electrons. The van der Waals surface area contributed by atoms with Crippen molar-refractivity contribution in [2.45, 2.75) is 31.8 Å². The van der Waals surface area contributed by atoms with Crippen LogP contribution < -0.4 is 5.32 Å². The first-order valence-electron chi connectivity index (χ1n) is 11.2. The highest BCUT2D eigenvalue weighted by Crippen LogP contribution is 2.31. The zero-order chi connectivity index (χ0) is 23.8. The number of halogens is 1. The lowest BCUT2D eigenvalue weighted by Crippen LogP contribution is -2.42. The zero-order valence-electron chi connectivity index (χ0n) is 18.6. The van der Waals surface area contributed by atoms with Crippen LogP contribution in [0.3, 0.4) is 0 Å². The summed E-state index contributed by atoms with van der Waals surface area (Å²) < 4.78 is 2.89. The average molecular weight is 498 g/mol. The van der Waals surface area contributed by atoms with E-state index >= 15 is 0 Å². The molecular formula is C24H24ClN5O3S. The van der Waals surface area contributed by atoms with E-state index in [2.05, 4.69) is 15.3 Å². The van der Waals surface area contributed by atoms with Crippen LogP contribution in [0, 0.1) is 0 Å². The van der Waals surface area contributed by atoms with Crippen molar-refractivity contribution in [2.24, 2.45) is 7.05 Å². The molecule has 1 aliphatic heterocycles. The number of likely N-dealkylation sites (tertiary alicyclic amines) is 1. The van der Waals surface area contributed by atoms with Crippen molar-refractivity contribution in [3.05, 3.63) is 47.0 Å². The van der Waals surface area contributed by atoms with Gasteiger partial charge in [0.1, 0.15) is 0 Å². The molecule has 4 aromatic rings. The normalized spacial score (nSPS) is 16.3. The number of thiazole rings is 1. The molecule has 0 radical (unpaired) electrons. The Morgan fingerprint density at radius 2 is 2.03 bits per heavy atom. The van der Waals surface area contributed by atoms with Gasteiger partial charge in [-0.15, -0.1) is 0 Å². The molecule has 0 saturated carbocycles. The van der Waals surface area contributed by atoms with Crippen molar-refractivity contribution in [1.29, 1.82) is 0 Å². The van der Waals surface area contributed by atoms with Crippen LogP contribution >= 0.6 is 22.9 Å². The molecule has 5 rings (SSSR count). The van der Waals surface area contributed by atoms with Gasteiger partial charge in [0, 0.05) is 43.6 Å². The molecule has 2 N–H and O–H groups in total. The number of ketones is 1. The number of aliphatic hydroxyl groups excluding tert-OH is 1. The molecule has 2 aromatic carbocycles. The van der Waals surface area contributed by atoms with E-state index < -0.39 is 6.10 Å². The Labute approximate surface area is 205 Å². The number of imidazole rings is 1. The molecular weight excluding hydrogens is 474 g/mol. The van der Waals surface area contributed by atoms with Gasteiger partial charge in [0.2, 0.25) is 11.9 Å². The van der Waals surface area contributed by atoms with Gasteiger partial charge in [-0.3, -0.25) is 9.59 Å². The Morgan fingerprint density at radius 1 is 1.18 bits per heavy atom. The molecule has 1 amide bonds. The quantitative estimate of drug-likeness (QED) is 0.380. The first-order valence-corrected chi connectivity index (χ1v) is 12.4. The SMILES string of the molecule is Cn1c(Nc2nc3ccc(Cl)cc3s2)nc2cc(C(=O)CCC(=O)N3CCC[C@H](O)C3)ccc21. The minimum Gasteiger partial charge on any atom is -0.391 e. The molecule has 34 heavy (non-hydrogen) atoms. The Hall–Kier alpha value is -3.01. The van der Waals surface area contributed by atoms with Crippen molar-refractivity contribution in [3.8, 4) is 0 Å². The second-order valence-corrected chi connectivity index (χ2v) is 9.98. The number of benzene rings is 2. The van der Waals surface area contributed by atoms with E-state index in [0.717, 1.165) is 28.6 Å². The number of carbonyl (C=O) groups is 2. The summed E-state index contributed by atoms with van der Waals surface area (Å²) in [6.45, 7) is 0.992. The van der Waals surface area contributed by atoms with Crippen LogP contribution in [0.2, 0.25) is 5.02 Å². The number of nitrogens with zero attached hydrogens (tertiary/aromatic N) is 4. The van der Waals surface area contributed by atoms with Crippen molar-refractivity contribution in [3.63, 3.8) is 0 Å². The second-order valence-electron chi connectivity index (χ2n) is 8.51. The van der Waals surface area contributed by atoms with Crippen molar-refractivity contribution in [1.82, 2.24) is 19.4 Å². The Morgan fingerprint density at radius 3 is 2.85 bits per heavy atom. The number of anilines is 2. The number of nitrogens with one attached hydrogen (secondary N) is 1. The fourth-order valence-electron chi connectivity index (χ4n) is 4.24. The number of amides is 1. The first-order chi connectivity index (χ1) is 16.4. The van der Waals surface area contributed by atoms with Gasteiger partial charge in [0.15, 0.2) is 10.9 Å². The fraction of sp³-hybridized carbons (Fsp3) is 0.333. The van der Waals surface area contributed by atoms with E-state index in [1.807, 2.05) is 35.9 Å². The number of piperidine rings is 1. The van der Waals surface area contributed by atoms with Crippen molar-refractivity contribution in [2.75, 3.05) is 18.4 Å². The number of hydrogen-bond acceptors (Lipinski definition) is 7. The lowest BCUT2D eigenvalue weighted by molar-refractivity contribution is -0.134. The van der Waals surface area contributed by atoms with Gasteiger partial charge in [-0.2, -0.15) is 0 Å². The molecule has 1 aliphatic rings. The van der Waals surface area contributed by atoms with E-state index in [9.17, 15) is 14.7 Å². The molecule has 2 aromatic heterocycles. The van der Waals surface area contributed by atoms with E-state index in [-0.39, 0.29) is 24.5 Å². The standard InChI is InChI=1S/C24H24ClN5O3S/c1-29-19-7-4-14(20(32)8-9-22(33)30-10-2-3-16(31)13-30)11-18(19)26-23(29)28-24-27-17-6-5-15(25)12-21(17)34-24/h4-7,11-12,16,31H,2-3,8-10,13H2,1H3,(H,26,27,28)/t16-/m0/s1. The van der Waals surface area contributed by atoms with E-state index in [1.54, 1.807) is 17.0 Å². The summed E-state index contributed by atoms with van der Waals surface area (Å²) in [5, 5.41) is 14.4. The Bertz CT molecular complexity index is 1400. The summed E-state index contributed by atoms with van der Waals surface area (Å²) in [7, 11) is 1.90. The summed E-state index contributed by atoms with van der Waals surface area (Å²) in [5.74, 6) is 0.425. The van der Waals surface area contributed by atoms with Gasteiger partial charge in [-0.1, -0.05) is 22.9 Å². The van der Waals surface area contributed by atoms with Gasteiger partial charge in [0.05, 0.1) is 27.4 Å². The number of aliphatic hydroxyl groups is 1. The minimum atomic E-state index is -0.469. The summed E-state index contributed by atoms with van der Waals surface area (Å²) in [6.07, 6.45) is 1.31. The van der Waals surface area contributed by atoms with Crippen LogP contribution in [0.25, 0.3) is 21.3 Å². The number of carbonyl (C=O) groups excluding carboxylic acids is 2. The largest absolute Gasteiger partial charge is 0.391 e. The molecule has 0 aliphatic carbocycles. The highest BCUT2D eigenvalue weighted by molar-refractivity contribution is 7.22. The molecule has 1 fully saturated rings. The Kier molecular flexibility index (Phi) is 6.24. The number of fused-ring (bicyclic) bond motifs is 2. The monoisotopic (exact) mass is 497 g/mol. The van der Waals surface area contributed by atoms with E-state index in [4.69, 9.17) is 11.6 Å². The number of aryl methyl sites for hydroxylation is 1. The third kappa shape index (κ3) is 4.64. The molecule has 8 nitrogen and oxygen atoms in total. The average Bonchev–Trinajstić information content (AvgIpc) is 3.36. The maximum Gasteiger partial charge on any atom is 0.223 e. The van der Waals surface area contributed by atoms with Crippen LogP contribution in [-0.2, 0) is 11.8 Å². The summed E-state index contributed by atoms with van der Waals surface area (Å²) in [4.78, 5) is 36.1. The maximum absolute atomic E-state index is 12.8. The van der Waals surface area contributed by atoms with Crippen molar-refractivity contribution < 1.29 is 14.7 Å². The van der Waals surface area contributed by atoms with Gasteiger partial charge >= 0.3 is 0 Å². The van der Waals surface area contributed by atoms with Crippen LogP contribution in [0.5, 0.6) is 0 Å². The molecule has 1 atom stereocenters. The maximum atomic E-state index is 12.8. The molecule has 3 heterocycles. The predicted molar refractivity (Wildman–Crippen MR) is 134 cm³/mol. The number of hydrogen-bond donors (Lipinski definition) is 2. The highest BCUT2D eigenvalue weighted by Gasteiger charge is 2.22. The van der Waals surface area contributed by atoms with Crippen LogP contribution in [0.4, 0.5) is 11.1 Å². The Balaban J connectivity index is 1.29. The third-order valence-corrected chi connectivity index (χ3v) is 7.26. The number of Topliss-reactive ketones (excluding diaryl/α,β-unsaturated/α-hetero) is 1. The molecule has 10 heteroatoms. The predicted octanol–water partition coefficient (Wildman–Crippen LogP) is 4.53. The zero-order valence-corrected chi connectivity index (χ0v) is 20.2. The van der Waals surface area contributed by atoms with Crippen LogP contribution in [0.1, 0.15) is 36.0 Å². The van der Waals surface area contributed by atoms with Crippen LogP contribution in [0.15, 0.2) is 36.4 Å². The minimum absolute atomic E-state index is 0.0883. The van der Waals surface area contributed by atoms with Crippen molar-refractivity contribution >= 4 is 67.0 Å². The number of β-amino-alcohol motifs (C(OH)–C–C–N with tert-alkyl or cyclic N) is 1. The van der Waals surface area contributed by atoms with E-state index in [0.29, 0.717) is 40.3 Å². The summed E-state index contributed by atoms with van der Waals surface area (Å²) in [5.41, 5.74) is 2.95. The lowest BCUT2D eigenvalue weighted by atomic mass is 10.0. The molecule has 0 bridgehead atoms. The first kappa shape index (κ1) is 22.8.